The second-order valence-corrected chi connectivity index (χ2v) is 10.2. The fraction of sp³-hybridized carbons (Fsp3) is 0.792. The third kappa shape index (κ3) is 6.67. The molecular formula is C24H40N6S. The summed E-state index contributed by atoms with van der Waals surface area (Å²) in [4.78, 5) is 14.7. The van der Waals surface area contributed by atoms with Crippen molar-refractivity contribution in [3.8, 4) is 0 Å². The van der Waals surface area contributed by atoms with Crippen molar-refractivity contribution in [2.45, 2.75) is 90.0 Å². The van der Waals surface area contributed by atoms with Crippen LogP contribution >= 0.6 is 12.2 Å². The Hall–Kier alpha value is -1.63. The van der Waals surface area contributed by atoms with Gasteiger partial charge < -0.3 is 20.4 Å². The van der Waals surface area contributed by atoms with Gasteiger partial charge in [0.1, 0.15) is 11.6 Å². The van der Waals surface area contributed by atoms with Crippen LogP contribution in [0.25, 0.3) is 0 Å². The molecule has 1 saturated carbocycles. The molecule has 1 aliphatic carbocycles. The molecule has 3 aliphatic rings. The first-order valence-electron chi connectivity index (χ1n) is 12.6. The SMILES string of the molecule is CC1CCCN(c2cc(N3CCCCCC3)nc(NC(=S)NC3CCCCCC3)n2)C1. The van der Waals surface area contributed by atoms with E-state index in [0.717, 1.165) is 37.8 Å². The first kappa shape index (κ1) is 22.6. The van der Waals surface area contributed by atoms with Crippen LogP contribution in [0.3, 0.4) is 0 Å². The van der Waals surface area contributed by atoms with Crippen LogP contribution in [0.5, 0.6) is 0 Å². The van der Waals surface area contributed by atoms with Gasteiger partial charge >= 0.3 is 0 Å². The largest absolute Gasteiger partial charge is 0.360 e. The van der Waals surface area contributed by atoms with Crippen LogP contribution < -0.4 is 20.4 Å². The standard InChI is InChI=1S/C24H40N6S/c1-19-11-10-16-30(18-19)22-17-21(29-14-8-4-5-9-15-29)26-23(27-22)28-24(31)25-20-12-6-2-3-7-13-20/h17,19-20H,2-16,18H2,1H3,(H2,25,26,27,28,31). The van der Waals surface area contributed by atoms with Crippen molar-refractivity contribution in [2.24, 2.45) is 5.92 Å². The Morgan fingerprint density at radius 3 is 2.13 bits per heavy atom. The van der Waals surface area contributed by atoms with Crippen LogP contribution in [0.15, 0.2) is 6.07 Å². The Bertz CT molecular complexity index is 690. The van der Waals surface area contributed by atoms with Gasteiger partial charge in [0, 0.05) is 38.3 Å². The predicted octanol–water partition coefficient (Wildman–Crippen LogP) is 5.10. The van der Waals surface area contributed by atoms with Crippen LogP contribution in [-0.4, -0.2) is 47.3 Å². The van der Waals surface area contributed by atoms with Crippen molar-refractivity contribution in [2.75, 3.05) is 41.3 Å². The summed E-state index contributed by atoms with van der Waals surface area (Å²) < 4.78 is 0. The van der Waals surface area contributed by atoms with Gasteiger partial charge in [-0.25, -0.2) is 0 Å². The van der Waals surface area contributed by atoms with E-state index in [1.807, 2.05) is 0 Å². The zero-order chi connectivity index (χ0) is 21.5. The first-order valence-corrected chi connectivity index (χ1v) is 13.0. The minimum absolute atomic E-state index is 0.471. The van der Waals surface area contributed by atoms with Gasteiger partial charge in [0.2, 0.25) is 5.95 Å². The molecule has 4 rings (SSSR count). The van der Waals surface area contributed by atoms with Crippen LogP contribution in [0.2, 0.25) is 0 Å². The van der Waals surface area contributed by atoms with E-state index >= 15 is 0 Å². The van der Waals surface area contributed by atoms with Crippen LogP contribution in [-0.2, 0) is 0 Å². The van der Waals surface area contributed by atoms with Crippen molar-refractivity contribution < 1.29 is 0 Å². The molecule has 2 aliphatic heterocycles. The lowest BCUT2D eigenvalue weighted by atomic mass is 10.0. The molecule has 0 aromatic carbocycles. The van der Waals surface area contributed by atoms with Crippen LogP contribution in [0.4, 0.5) is 17.6 Å². The highest BCUT2D eigenvalue weighted by Gasteiger charge is 2.22. The number of nitrogens with one attached hydrogen (secondary N) is 2. The smallest absolute Gasteiger partial charge is 0.232 e. The van der Waals surface area contributed by atoms with Crippen molar-refractivity contribution in [1.29, 1.82) is 0 Å². The lowest BCUT2D eigenvalue weighted by Crippen LogP contribution is -2.38. The Morgan fingerprint density at radius 2 is 1.45 bits per heavy atom. The highest BCUT2D eigenvalue weighted by atomic mass is 32.1. The Labute approximate surface area is 193 Å². The highest BCUT2D eigenvalue weighted by molar-refractivity contribution is 7.80. The maximum Gasteiger partial charge on any atom is 0.232 e. The van der Waals surface area contributed by atoms with Crippen molar-refractivity contribution in [1.82, 2.24) is 15.3 Å². The number of hydrogen-bond acceptors (Lipinski definition) is 5. The molecule has 172 valence electrons. The molecule has 6 nitrogen and oxygen atoms in total. The molecule has 0 spiro atoms. The van der Waals surface area contributed by atoms with E-state index in [-0.39, 0.29) is 0 Å². The second kappa shape index (κ2) is 11.3. The molecule has 2 saturated heterocycles. The molecule has 7 heteroatoms. The number of nitrogens with zero attached hydrogens (tertiary/aromatic N) is 4. The summed E-state index contributed by atoms with van der Waals surface area (Å²) in [6, 6.07) is 2.68. The van der Waals surface area contributed by atoms with Gasteiger partial charge in [0.05, 0.1) is 0 Å². The number of aromatic nitrogens is 2. The third-order valence-electron chi connectivity index (χ3n) is 7.03. The molecule has 2 N–H and O–H groups in total. The number of thiocarbonyl (C=S) groups is 1. The molecule has 1 unspecified atom stereocenters. The molecule has 0 amide bonds. The average Bonchev–Trinajstić information content (AvgIpc) is 3.19. The Morgan fingerprint density at radius 1 is 0.839 bits per heavy atom. The third-order valence-corrected chi connectivity index (χ3v) is 7.25. The number of anilines is 3. The Kier molecular flexibility index (Phi) is 8.22. The van der Waals surface area contributed by atoms with Crippen LogP contribution in [0.1, 0.15) is 84.0 Å². The molecular weight excluding hydrogens is 404 g/mol. The van der Waals surface area contributed by atoms with E-state index in [1.54, 1.807) is 0 Å². The van der Waals surface area contributed by atoms with Gasteiger partial charge in [0.25, 0.3) is 0 Å². The minimum Gasteiger partial charge on any atom is -0.360 e. The van der Waals surface area contributed by atoms with E-state index in [2.05, 4.69) is 33.4 Å². The maximum atomic E-state index is 5.67. The molecule has 3 heterocycles. The molecule has 1 aromatic heterocycles. The molecule has 1 aromatic rings. The van der Waals surface area contributed by atoms with E-state index in [1.165, 1.54) is 77.0 Å². The summed E-state index contributed by atoms with van der Waals surface area (Å²) >= 11 is 5.67. The van der Waals surface area contributed by atoms with E-state index in [9.17, 15) is 0 Å². The first-order chi connectivity index (χ1) is 15.2. The second-order valence-electron chi connectivity index (χ2n) is 9.79. The van der Waals surface area contributed by atoms with Crippen molar-refractivity contribution in [3.05, 3.63) is 6.07 Å². The van der Waals surface area contributed by atoms with Gasteiger partial charge in [-0.2, -0.15) is 9.97 Å². The maximum absolute atomic E-state index is 5.67. The van der Waals surface area contributed by atoms with E-state index in [0.29, 0.717) is 23.0 Å². The van der Waals surface area contributed by atoms with Gasteiger partial charge in [-0.1, -0.05) is 45.4 Å². The lowest BCUT2D eigenvalue weighted by molar-refractivity contribution is 0.444. The Balaban J connectivity index is 1.51. The zero-order valence-corrected chi connectivity index (χ0v) is 20.1. The van der Waals surface area contributed by atoms with Crippen molar-refractivity contribution in [3.63, 3.8) is 0 Å². The lowest BCUT2D eigenvalue weighted by Gasteiger charge is -2.33. The van der Waals surface area contributed by atoms with E-state index in [4.69, 9.17) is 22.2 Å². The summed E-state index contributed by atoms with van der Waals surface area (Å²) in [5.74, 6) is 3.44. The predicted molar refractivity (Wildman–Crippen MR) is 134 cm³/mol. The number of piperidine rings is 1. The minimum atomic E-state index is 0.471. The number of rotatable bonds is 4. The molecule has 0 radical (unpaired) electrons. The fourth-order valence-electron chi connectivity index (χ4n) is 5.25. The number of hydrogen-bond donors (Lipinski definition) is 2. The molecule has 31 heavy (non-hydrogen) atoms. The van der Waals surface area contributed by atoms with E-state index < -0.39 is 0 Å². The molecule has 3 fully saturated rings. The van der Waals surface area contributed by atoms with Crippen LogP contribution in [0, 0.1) is 5.92 Å². The monoisotopic (exact) mass is 444 g/mol. The summed E-state index contributed by atoms with van der Waals surface area (Å²) in [7, 11) is 0. The average molecular weight is 445 g/mol. The van der Waals surface area contributed by atoms with Gasteiger partial charge in [-0.15, -0.1) is 0 Å². The van der Waals surface area contributed by atoms with Crippen molar-refractivity contribution >= 4 is 34.9 Å². The summed E-state index contributed by atoms with van der Waals surface area (Å²) in [5, 5.41) is 7.54. The molecule has 0 bridgehead atoms. The zero-order valence-electron chi connectivity index (χ0n) is 19.2. The van der Waals surface area contributed by atoms with Gasteiger partial charge in [-0.3, -0.25) is 0 Å². The fourth-order valence-corrected chi connectivity index (χ4v) is 5.50. The summed E-state index contributed by atoms with van der Waals surface area (Å²) in [5.41, 5.74) is 0. The highest BCUT2D eigenvalue weighted by Crippen LogP contribution is 2.27. The van der Waals surface area contributed by atoms with Gasteiger partial charge in [0.15, 0.2) is 5.11 Å². The normalized spacial score (nSPS) is 23.7. The summed E-state index contributed by atoms with van der Waals surface area (Å²) in [6.45, 7) is 6.65. The summed E-state index contributed by atoms with van der Waals surface area (Å²) in [6.07, 6.45) is 15.3. The quantitative estimate of drug-likeness (QED) is 0.495. The van der Waals surface area contributed by atoms with Gasteiger partial charge in [-0.05, 0) is 56.7 Å². The topological polar surface area (TPSA) is 56.3 Å². The molecule has 1 atom stereocenters.